The Morgan fingerprint density at radius 3 is 2.23 bits per heavy atom. The molecule has 1 amide bonds. The van der Waals surface area contributed by atoms with Gasteiger partial charge in [-0.05, 0) is 22.6 Å². The fourth-order valence-corrected chi connectivity index (χ4v) is 3.27. The van der Waals surface area contributed by atoms with Gasteiger partial charge in [0, 0.05) is 28.2 Å². The summed E-state index contributed by atoms with van der Waals surface area (Å²) in [4.78, 5) is 17.7. The van der Waals surface area contributed by atoms with Gasteiger partial charge < -0.3 is 15.1 Å². The number of aliphatic imine (C=N–C) groups is 1. The third-order valence-corrected chi connectivity index (χ3v) is 4.84. The SMILES string of the molecule is CN(C)C(=O)C1=NN(C)C(=Nc2c(I)c(O)n(C)c2O)C1=NS(C)(=O)=O. The van der Waals surface area contributed by atoms with E-state index in [9.17, 15) is 23.4 Å². The summed E-state index contributed by atoms with van der Waals surface area (Å²) in [6, 6.07) is 0. The number of carbonyl (C=O) groups excluding carboxylic acids is 1. The van der Waals surface area contributed by atoms with E-state index in [0.717, 1.165) is 10.8 Å². The van der Waals surface area contributed by atoms with Crippen LogP contribution in [0.5, 0.6) is 11.8 Å². The van der Waals surface area contributed by atoms with E-state index in [0.29, 0.717) is 0 Å². The molecule has 2 heterocycles. The normalized spacial score (nSPS) is 17.9. The molecule has 0 spiro atoms. The third kappa shape index (κ3) is 3.67. The van der Waals surface area contributed by atoms with Crippen molar-refractivity contribution in [2.75, 3.05) is 27.4 Å². The lowest BCUT2D eigenvalue weighted by molar-refractivity contribution is -0.121. The molecule has 11 nitrogen and oxygen atoms in total. The maximum absolute atomic E-state index is 12.3. The van der Waals surface area contributed by atoms with Crippen LogP contribution in [0.3, 0.4) is 0 Å². The van der Waals surface area contributed by atoms with Gasteiger partial charge in [-0.15, -0.1) is 0 Å². The van der Waals surface area contributed by atoms with Crippen LogP contribution in [0.2, 0.25) is 0 Å². The smallest absolute Gasteiger partial charge is 0.276 e. The number of hydrogen-bond donors (Lipinski definition) is 2. The van der Waals surface area contributed by atoms with E-state index in [1.54, 1.807) is 22.6 Å². The number of aromatic nitrogens is 1. The van der Waals surface area contributed by atoms with Crippen LogP contribution in [0.25, 0.3) is 0 Å². The Hall–Kier alpha value is -2.16. The molecule has 2 rings (SSSR count). The van der Waals surface area contributed by atoms with Crippen LogP contribution >= 0.6 is 22.6 Å². The van der Waals surface area contributed by atoms with E-state index in [1.165, 1.54) is 38.1 Å². The van der Waals surface area contributed by atoms with Crippen LogP contribution in [-0.2, 0) is 21.9 Å². The van der Waals surface area contributed by atoms with Crippen molar-refractivity contribution in [3.63, 3.8) is 0 Å². The van der Waals surface area contributed by atoms with Crippen molar-refractivity contribution in [3.05, 3.63) is 3.57 Å². The standard InChI is InChI=1S/C13H17IN6O5S/c1-18(2)12(22)9-8(17-26(5,24)25)10(20(4)16-9)15-7-6(14)11(21)19(3)13(7)23/h21,23H,1-5H3. The monoisotopic (exact) mass is 496 g/mol. The van der Waals surface area contributed by atoms with Crippen LogP contribution in [0.1, 0.15) is 0 Å². The fourth-order valence-electron chi connectivity index (χ4n) is 2.05. The lowest BCUT2D eigenvalue weighted by atomic mass is 10.2. The number of halogens is 1. The third-order valence-electron chi connectivity index (χ3n) is 3.33. The second-order valence-electron chi connectivity index (χ2n) is 5.65. The van der Waals surface area contributed by atoms with E-state index in [-0.39, 0.29) is 38.3 Å². The van der Waals surface area contributed by atoms with Gasteiger partial charge >= 0.3 is 0 Å². The Morgan fingerprint density at radius 2 is 1.81 bits per heavy atom. The molecule has 0 fully saturated rings. The predicted octanol–water partition coefficient (Wildman–Crippen LogP) is -0.139. The molecule has 1 aromatic rings. The first-order valence-electron chi connectivity index (χ1n) is 7.04. The fraction of sp³-hybridized carbons (Fsp3) is 0.385. The Balaban J connectivity index is 2.71. The molecule has 1 aliphatic rings. The van der Waals surface area contributed by atoms with Gasteiger partial charge in [-0.25, -0.2) is 18.4 Å². The lowest BCUT2D eigenvalue weighted by Crippen LogP contribution is -2.36. The highest BCUT2D eigenvalue weighted by Crippen LogP contribution is 2.40. The van der Waals surface area contributed by atoms with Crippen molar-refractivity contribution >= 4 is 61.5 Å². The number of amides is 1. The van der Waals surface area contributed by atoms with Crippen LogP contribution in [0.4, 0.5) is 5.69 Å². The Labute approximate surface area is 163 Å². The molecule has 0 atom stereocenters. The molecular weight excluding hydrogens is 479 g/mol. The maximum atomic E-state index is 12.3. The average Bonchev–Trinajstić information content (AvgIpc) is 2.91. The summed E-state index contributed by atoms with van der Waals surface area (Å²) in [5, 5.41) is 25.2. The van der Waals surface area contributed by atoms with Crippen molar-refractivity contribution in [1.82, 2.24) is 14.5 Å². The number of aromatic hydroxyl groups is 2. The number of hydrazone groups is 1. The summed E-state index contributed by atoms with van der Waals surface area (Å²) in [5.74, 6) is -1.16. The molecular formula is C13H17IN6O5S. The minimum absolute atomic E-state index is 0.00223. The Bertz CT molecular complexity index is 950. The molecule has 0 radical (unpaired) electrons. The van der Waals surface area contributed by atoms with Gasteiger partial charge in [-0.3, -0.25) is 9.36 Å². The summed E-state index contributed by atoms with van der Waals surface area (Å²) < 4.78 is 28.3. The first kappa shape index (κ1) is 20.2. The van der Waals surface area contributed by atoms with Crippen molar-refractivity contribution < 1.29 is 23.4 Å². The summed E-state index contributed by atoms with van der Waals surface area (Å²) in [6.07, 6.45) is 0.878. The van der Waals surface area contributed by atoms with Crippen LogP contribution in [0, 0.1) is 3.57 Å². The highest BCUT2D eigenvalue weighted by molar-refractivity contribution is 14.1. The molecule has 0 saturated carbocycles. The van der Waals surface area contributed by atoms with Gasteiger partial charge in [-0.1, -0.05) is 0 Å². The zero-order valence-corrected chi connectivity index (χ0v) is 17.6. The zero-order chi connectivity index (χ0) is 20.0. The maximum Gasteiger partial charge on any atom is 0.276 e. The van der Waals surface area contributed by atoms with E-state index in [4.69, 9.17) is 0 Å². The number of nitrogens with zero attached hydrogens (tertiary/aromatic N) is 6. The molecule has 0 unspecified atom stereocenters. The van der Waals surface area contributed by atoms with Crippen molar-refractivity contribution in [3.8, 4) is 11.8 Å². The quantitative estimate of drug-likeness (QED) is 0.559. The van der Waals surface area contributed by atoms with Crippen molar-refractivity contribution in [1.29, 1.82) is 0 Å². The van der Waals surface area contributed by atoms with Crippen molar-refractivity contribution in [2.24, 2.45) is 21.5 Å². The van der Waals surface area contributed by atoms with Gasteiger partial charge in [0.15, 0.2) is 17.3 Å². The van der Waals surface area contributed by atoms with Gasteiger partial charge in [0.05, 0.1) is 6.26 Å². The van der Waals surface area contributed by atoms with Gasteiger partial charge in [0.2, 0.25) is 11.8 Å². The second-order valence-corrected chi connectivity index (χ2v) is 8.38. The molecule has 0 bridgehead atoms. The lowest BCUT2D eigenvalue weighted by Gasteiger charge is -2.09. The molecule has 0 saturated heterocycles. The molecule has 13 heteroatoms. The number of sulfonamides is 1. The largest absolute Gasteiger partial charge is 0.494 e. The first-order chi connectivity index (χ1) is 11.8. The second kappa shape index (κ2) is 6.86. The molecule has 0 aromatic carbocycles. The molecule has 142 valence electrons. The Kier molecular flexibility index (Phi) is 5.32. The number of carbonyl (C=O) groups is 1. The molecule has 26 heavy (non-hydrogen) atoms. The summed E-state index contributed by atoms with van der Waals surface area (Å²) >= 11 is 1.78. The van der Waals surface area contributed by atoms with E-state index in [2.05, 4.69) is 14.5 Å². The Morgan fingerprint density at radius 1 is 1.23 bits per heavy atom. The van der Waals surface area contributed by atoms with Gasteiger partial charge in [0.1, 0.15) is 9.26 Å². The van der Waals surface area contributed by atoms with Crippen LogP contribution in [0.15, 0.2) is 14.5 Å². The molecule has 0 aliphatic carbocycles. The topological polar surface area (TPSA) is 140 Å². The summed E-state index contributed by atoms with van der Waals surface area (Å²) in [6.45, 7) is 0. The number of rotatable bonds is 3. The van der Waals surface area contributed by atoms with E-state index < -0.39 is 15.9 Å². The molecule has 2 N–H and O–H groups in total. The highest BCUT2D eigenvalue weighted by Gasteiger charge is 2.35. The van der Waals surface area contributed by atoms with Crippen LogP contribution < -0.4 is 0 Å². The first-order valence-corrected chi connectivity index (χ1v) is 9.97. The summed E-state index contributed by atoms with van der Waals surface area (Å²) in [7, 11) is 2.00. The van der Waals surface area contributed by atoms with Gasteiger partial charge in [-0.2, -0.15) is 9.50 Å². The molecule has 1 aromatic heterocycles. The van der Waals surface area contributed by atoms with Crippen LogP contribution in [-0.4, -0.2) is 83.7 Å². The molecule has 1 aliphatic heterocycles. The van der Waals surface area contributed by atoms with Gasteiger partial charge in [0.25, 0.3) is 15.9 Å². The van der Waals surface area contributed by atoms with E-state index in [1.807, 2.05) is 0 Å². The van der Waals surface area contributed by atoms with E-state index >= 15 is 0 Å². The average molecular weight is 496 g/mol. The minimum Gasteiger partial charge on any atom is -0.494 e. The zero-order valence-electron chi connectivity index (χ0n) is 14.6. The minimum atomic E-state index is -3.86. The summed E-state index contributed by atoms with van der Waals surface area (Å²) in [5.41, 5.74) is -0.439. The number of amidine groups is 1. The van der Waals surface area contributed by atoms with Crippen molar-refractivity contribution in [2.45, 2.75) is 0 Å². The number of hydrogen-bond acceptors (Lipinski definition) is 7. The predicted molar refractivity (Wildman–Crippen MR) is 105 cm³/mol. The highest BCUT2D eigenvalue weighted by atomic mass is 127.